The number of amides is 1. The topological polar surface area (TPSA) is 84.1 Å². The molecular formula is C19H16ClN3O3. The maximum Gasteiger partial charge on any atom is 0.357 e. The summed E-state index contributed by atoms with van der Waals surface area (Å²) in [6, 6.07) is 17.8. The van der Waals surface area contributed by atoms with Gasteiger partial charge in [0, 0.05) is 5.56 Å². The molecule has 2 N–H and O–H groups in total. The lowest BCUT2D eigenvalue weighted by atomic mass is 10.1. The van der Waals surface area contributed by atoms with Crippen molar-refractivity contribution in [2.24, 2.45) is 0 Å². The zero-order valence-electron chi connectivity index (χ0n) is 13.9. The summed E-state index contributed by atoms with van der Waals surface area (Å²) < 4.78 is 5.19. The van der Waals surface area contributed by atoms with Crippen LogP contribution in [0.5, 0.6) is 0 Å². The van der Waals surface area contributed by atoms with Gasteiger partial charge in [-0.05, 0) is 25.1 Å². The number of nitrogens with zero attached hydrogens (tertiary/aromatic N) is 1. The van der Waals surface area contributed by atoms with Gasteiger partial charge in [0.25, 0.3) is 5.91 Å². The van der Waals surface area contributed by atoms with Crippen molar-refractivity contribution in [1.82, 2.24) is 10.2 Å². The average molecular weight is 370 g/mol. The smallest absolute Gasteiger partial charge is 0.357 e. The van der Waals surface area contributed by atoms with E-state index >= 15 is 0 Å². The van der Waals surface area contributed by atoms with Gasteiger partial charge in [-0.2, -0.15) is 5.10 Å². The normalized spacial score (nSPS) is 11.6. The lowest BCUT2D eigenvalue weighted by Crippen LogP contribution is -2.30. The molecule has 3 aromatic rings. The van der Waals surface area contributed by atoms with Gasteiger partial charge >= 0.3 is 5.97 Å². The number of halogens is 1. The summed E-state index contributed by atoms with van der Waals surface area (Å²) in [5.41, 5.74) is 2.11. The Morgan fingerprint density at radius 2 is 1.81 bits per heavy atom. The van der Waals surface area contributed by atoms with Crippen molar-refractivity contribution in [2.75, 3.05) is 5.32 Å². The summed E-state index contributed by atoms with van der Waals surface area (Å²) >= 11 is 6.00. The number of hydrogen-bond acceptors (Lipinski definition) is 4. The highest BCUT2D eigenvalue weighted by atomic mass is 35.5. The molecule has 0 unspecified atom stereocenters. The van der Waals surface area contributed by atoms with Gasteiger partial charge in [-0.25, -0.2) is 4.79 Å². The summed E-state index contributed by atoms with van der Waals surface area (Å²) in [6.45, 7) is 1.48. The Balaban J connectivity index is 1.63. The van der Waals surface area contributed by atoms with Crippen LogP contribution in [0.3, 0.4) is 0 Å². The number of anilines is 1. The number of ether oxygens (including phenoxy) is 1. The van der Waals surface area contributed by atoms with Crippen molar-refractivity contribution < 1.29 is 14.3 Å². The molecule has 26 heavy (non-hydrogen) atoms. The maximum atomic E-state index is 12.2. The number of benzene rings is 2. The minimum absolute atomic E-state index is 0.168. The minimum Gasteiger partial charge on any atom is -0.448 e. The molecule has 1 amide bonds. The Labute approximate surface area is 155 Å². The van der Waals surface area contributed by atoms with Gasteiger partial charge in [-0.1, -0.05) is 54.1 Å². The first-order valence-electron chi connectivity index (χ1n) is 7.92. The molecule has 6 nitrogen and oxygen atoms in total. The molecule has 0 aliphatic heterocycles. The third kappa shape index (κ3) is 4.10. The van der Waals surface area contributed by atoms with Crippen LogP contribution in [0.1, 0.15) is 17.4 Å². The number of aromatic nitrogens is 2. The molecule has 2 aromatic carbocycles. The molecule has 0 saturated carbocycles. The zero-order valence-corrected chi connectivity index (χ0v) is 14.7. The molecule has 1 heterocycles. The van der Waals surface area contributed by atoms with E-state index in [1.54, 1.807) is 30.3 Å². The number of hydrogen-bond donors (Lipinski definition) is 2. The van der Waals surface area contributed by atoms with Crippen LogP contribution < -0.4 is 5.32 Å². The first-order valence-corrected chi connectivity index (χ1v) is 8.29. The Morgan fingerprint density at radius 1 is 1.12 bits per heavy atom. The second-order valence-corrected chi connectivity index (χ2v) is 5.96. The molecule has 1 atom stereocenters. The molecule has 0 aliphatic carbocycles. The van der Waals surface area contributed by atoms with Crippen molar-refractivity contribution in [3.63, 3.8) is 0 Å². The lowest BCUT2D eigenvalue weighted by molar-refractivity contribution is -0.123. The lowest BCUT2D eigenvalue weighted by Gasteiger charge is -2.13. The molecule has 3 rings (SSSR count). The van der Waals surface area contributed by atoms with Crippen LogP contribution in [0.15, 0.2) is 60.7 Å². The molecule has 7 heteroatoms. The standard InChI is InChI=1S/C19H16ClN3O3/c1-12(18(24)21-15-10-6-5-9-14(15)20)26-19(25)17-11-16(22-23-17)13-7-3-2-4-8-13/h2-12H,1H3,(H,21,24)(H,22,23)/t12-/m0/s1. The predicted molar refractivity (Wildman–Crippen MR) is 99.0 cm³/mol. The second-order valence-electron chi connectivity index (χ2n) is 5.55. The molecule has 0 spiro atoms. The fourth-order valence-corrected chi connectivity index (χ4v) is 2.44. The van der Waals surface area contributed by atoms with Crippen LogP contribution in [0.25, 0.3) is 11.3 Å². The number of nitrogens with one attached hydrogen (secondary N) is 2. The third-order valence-corrected chi connectivity index (χ3v) is 3.98. The second kappa shape index (κ2) is 7.84. The molecule has 0 aliphatic rings. The van der Waals surface area contributed by atoms with Crippen molar-refractivity contribution in [1.29, 1.82) is 0 Å². The quantitative estimate of drug-likeness (QED) is 0.668. The van der Waals surface area contributed by atoms with E-state index in [0.717, 1.165) is 5.56 Å². The number of carbonyl (C=O) groups excluding carboxylic acids is 2. The number of aromatic amines is 1. The highest BCUT2D eigenvalue weighted by Crippen LogP contribution is 2.21. The van der Waals surface area contributed by atoms with E-state index in [0.29, 0.717) is 16.4 Å². The molecule has 0 radical (unpaired) electrons. The van der Waals surface area contributed by atoms with Crippen molar-refractivity contribution in [3.05, 3.63) is 71.4 Å². The fraction of sp³-hybridized carbons (Fsp3) is 0.105. The summed E-state index contributed by atoms with van der Waals surface area (Å²) in [5.74, 6) is -1.14. The minimum atomic E-state index is -0.998. The predicted octanol–water partition coefficient (Wildman–Crippen LogP) is 3.91. The van der Waals surface area contributed by atoms with Gasteiger partial charge in [0.15, 0.2) is 6.10 Å². The van der Waals surface area contributed by atoms with E-state index in [4.69, 9.17) is 16.3 Å². The number of rotatable bonds is 5. The Bertz CT molecular complexity index is 925. The van der Waals surface area contributed by atoms with Gasteiger partial charge in [0.2, 0.25) is 0 Å². The highest BCUT2D eigenvalue weighted by molar-refractivity contribution is 6.33. The number of esters is 1. The zero-order chi connectivity index (χ0) is 18.5. The van der Waals surface area contributed by atoms with E-state index in [-0.39, 0.29) is 5.69 Å². The van der Waals surface area contributed by atoms with Gasteiger partial charge < -0.3 is 10.1 Å². The van der Waals surface area contributed by atoms with Crippen LogP contribution in [0.4, 0.5) is 5.69 Å². The first kappa shape index (κ1) is 17.7. The van der Waals surface area contributed by atoms with E-state index in [1.807, 2.05) is 30.3 Å². The van der Waals surface area contributed by atoms with Gasteiger partial charge in [0.05, 0.1) is 16.4 Å². The van der Waals surface area contributed by atoms with Crippen LogP contribution in [0, 0.1) is 0 Å². The summed E-state index contributed by atoms with van der Waals surface area (Å²) in [7, 11) is 0. The molecular weight excluding hydrogens is 354 g/mol. The molecule has 1 aromatic heterocycles. The van der Waals surface area contributed by atoms with Gasteiger partial charge in [0.1, 0.15) is 5.69 Å². The van der Waals surface area contributed by atoms with E-state index in [9.17, 15) is 9.59 Å². The Morgan fingerprint density at radius 3 is 2.54 bits per heavy atom. The summed E-state index contributed by atoms with van der Waals surface area (Å²) in [4.78, 5) is 24.4. The first-order chi connectivity index (χ1) is 12.5. The highest BCUT2D eigenvalue weighted by Gasteiger charge is 2.21. The van der Waals surface area contributed by atoms with E-state index < -0.39 is 18.0 Å². The van der Waals surface area contributed by atoms with Gasteiger partial charge in [-0.15, -0.1) is 0 Å². The van der Waals surface area contributed by atoms with Crippen molar-refractivity contribution in [2.45, 2.75) is 13.0 Å². The van der Waals surface area contributed by atoms with E-state index in [1.165, 1.54) is 6.92 Å². The number of carbonyl (C=O) groups is 2. The molecule has 0 bridgehead atoms. The third-order valence-electron chi connectivity index (χ3n) is 3.65. The summed E-state index contributed by atoms with van der Waals surface area (Å²) in [6.07, 6.45) is -0.998. The van der Waals surface area contributed by atoms with Crippen molar-refractivity contribution in [3.8, 4) is 11.3 Å². The van der Waals surface area contributed by atoms with Crippen molar-refractivity contribution >= 4 is 29.2 Å². The molecule has 0 fully saturated rings. The van der Waals surface area contributed by atoms with Crippen LogP contribution in [-0.4, -0.2) is 28.2 Å². The van der Waals surface area contributed by atoms with Crippen LogP contribution in [-0.2, 0) is 9.53 Å². The van der Waals surface area contributed by atoms with Crippen LogP contribution >= 0.6 is 11.6 Å². The van der Waals surface area contributed by atoms with Crippen LogP contribution in [0.2, 0.25) is 5.02 Å². The summed E-state index contributed by atoms with van der Waals surface area (Å²) in [5, 5.41) is 9.75. The molecule has 0 saturated heterocycles. The maximum absolute atomic E-state index is 12.2. The monoisotopic (exact) mass is 369 g/mol. The SMILES string of the molecule is C[C@H](OC(=O)c1cc(-c2ccccc2)n[nH]1)C(=O)Nc1ccccc1Cl. The van der Waals surface area contributed by atoms with Gasteiger partial charge in [-0.3, -0.25) is 9.89 Å². The molecule has 132 valence electrons. The average Bonchev–Trinajstić information content (AvgIpc) is 3.14. The Hall–Kier alpha value is -3.12. The fourth-order valence-electron chi connectivity index (χ4n) is 2.26. The largest absolute Gasteiger partial charge is 0.448 e. The van der Waals surface area contributed by atoms with E-state index in [2.05, 4.69) is 15.5 Å². The number of H-pyrrole nitrogens is 1. The number of para-hydroxylation sites is 1. The Kier molecular flexibility index (Phi) is 5.34.